The third-order valence-electron chi connectivity index (χ3n) is 2.32. The van der Waals surface area contributed by atoms with Crippen LogP contribution in [0.3, 0.4) is 0 Å². The van der Waals surface area contributed by atoms with Gasteiger partial charge in [-0.1, -0.05) is 30.3 Å². The lowest BCUT2D eigenvalue weighted by atomic mass is 9.99. The van der Waals surface area contributed by atoms with E-state index in [9.17, 15) is 13.2 Å². The Labute approximate surface area is 85.2 Å². The number of rotatable bonds is 1. The van der Waals surface area contributed by atoms with Gasteiger partial charge in [-0.2, -0.15) is 13.2 Å². The number of halogens is 3. The van der Waals surface area contributed by atoms with Crippen LogP contribution >= 0.6 is 0 Å². The molecule has 1 aromatic rings. The minimum atomic E-state index is -4.30. The zero-order valence-corrected chi connectivity index (χ0v) is 8.01. The largest absolute Gasteiger partial charge is 0.476 e. The monoisotopic (exact) mass is 214 g/mol. The summed E-state index contributed by atoms with van der Waals surface area (Å²) in [7, 11) is 0. The van der Waals surface area contributed by atoms with Crippen molar-refractivity contribution >= 4 is 5.76 Å². The highest BCUT2D eigenvalue weighted by molar-refractivity contribution is 5.68. The van der Waals surface area contributed by atoms with Gasteiger partial charge in [-0.3, -0.25) is 0 Å². The maximum Gasteiger partial charge on any atom is 0.429 e. The van der Waals surface area contributed by atoms with E-state index in [1.54, 1.807) is 30.3 Å². The molecule has 0 aliphatic carbocycles. The molecule has 0 aromatic heterocycles. The molecule has 0 amide bonds. The highest BCUT2D eigenvalue weighted by Crippen LogP contribution is 2.42. The van der Waals surface area contributed by atoms with Gasteiger partial charge >= 0.3 is 6.18 Å². The van der Waals surface area contributed by atoms with Crippen LogP contribution in [0.5, 0.6) is 0 Å². The SMILES string of the molecule is CC1=C(c2ccccc2)O[C@@H]1C(F)(F)F. The van der Waals surface area contributed by atoms with E-state index in [2.05, 4.69) is 0 Å². The minimum Gasteiger partial charge on any atom is -0.476 e. The van der Waals surface area contributed by atoms with Gasteiger partial charge in [0.25, 0.3) is 0 Å². The molecule has 0 fully saturated rings. The van der Waals surface area contributed by atoms with E-state index in [0.717, 1.165) is 0 Å². The molecule has 1 atom stereocenters. The smallest absolute Gasteiger partial charge is 0.429 e. The van der Waals surface area contributed by atoms with Gasteiger partial charge in [0.05, 0.1) is 0 Å². The number of hydrogen-bond donors (Lipinski definition) is 0. The zero-order chi connectivity index (χ0) is 11.1. The molecule has 1 nitrogen and oxygen atoms in total. The van der Waals surface area contributed by atoms with Crippen LogP contribution in [0.25, 0.3) is 5.76 Å². The number of alkyl halides is 3. The lowest BCUT2D eigenvalue weighted by Gasteiger charge is -2.33. The third-order valence-corrected chi connectivity index (χ3v) is 2.32. The van der Waals surface area contributed by atoms with E-state index >= 15 is 0 Å². The molecule has 0 saturated heterocycles. The molecule has 1 aromatic carbocycles. The summed E-state index contributed by atoms with van der Waals surface area (Å²) < 4.78 is 41.6. The standard InChI is InChI=1S/C11H9F3O/c1-7-9(8-5-3-2-4-6-8)15-10(7)11(12,13)14/h2-6,10H,1H3/t10-/m0/s1. The topological polar surface area (TPSA) is 9.23 Å². The van der Waals surface area contributed by atoms with E-state index in [-0.39, 0.29) is 5.57 Å². The van der Waals surface area contributed by atoms with Crippen molar-refractivity contribution in [2.75, 3.05) is 0 Å². The summed E-state index contributed by atoms with van der Waals surface area (Å²) in [6.07, 6.45) is -6.03. The molecule has 15 heavy (non-hydrogen) atoms. The van der Waals surface area contributed by atoms with E-state index in [0.29, 0.717) is 11.3 Å². The van der Waals surface area contributed by atoms with Crippen LogP contribution in [0.4, 0.5) is 13.2 Å². The molecule has 1 aliphatic heterocycles. The van der Waals surface area contributed by atoms with Gasteiger partial charge < -0.3 is 4.74 Å². The minimum absolute atomic E-state index is 0.244. The lowest BCUT2D eigenvalue weighted by Crippen LogP contribution is -2.39. The normalized spacial score (nSPS) is 20.9. The molecule has 1 heterocycles. The molecule has 0 spiro atoms. The Morgan fingerprint density at radius 3 is 2.20 bits per heavy atom. The van der Waals surface area contributed by atoms with Gasteiger partial charge in [-0.25, -0.2) is 0 Å². The van der Waals surface area contributed by atoms with Gasteiger partial charge in [0.1, 0.15) is 5.76 Å². The van der Waals surface area contributed by atoms with Crippen LogP contribution in [0.2, 0.25) is 0 Å². The Morgan fingerprint density at radius 2 is 1.73 bits per heavy atom. The average Bonchev–Trinajstić information content (AvgIpc) is 2.15. The second-order valence-electron chi connectivity index (χ2n) is 3.42. The van der Waals surface area contributed by atoms with Crippen LogP contribution in [-0.2, 0) is 4.74 Å². The first-order valence-corrected chi connectivity index (χ1v) is 4.49. The molecule has 0 saturated carbocycles. The molecule has 0 N–H and O–H groups in total. The third kappa shape index (κ3) is 1.71. The number of hydrogen-bond acceptors (Lipinski definition) is 1. The molecule has 80 valence electrons. The average molecular weight is 214 g/mol. The highest BCUT2D eigenvalue weighted by atomic mass is 19.4. The van der Waals surface area contributed by atoms with Crippen molar-refractivity contribution in [2.45, 2.75) is 19.2 Å². The molecule has 1 aliphatic rings. The summed E-state index contributed by atoms with van der Waals surface area (Å²) in [5.74, 6) is 0.345. The Kier molecular flexibility index (Phi) is 2.21. The van der Waals surface area contributed by atoms with E-state index in [1.165, 1.54) is 6.92 Å². The van der Waals surface area contributed by atoms with Crippen LogP contribution < -0.4 is 0 Å². The summed E-state index contributed by atoms with van der Waals surface area (Å²) in [6, 6.07) is 8.79. The molecule has 4 heteroatoms. The first-order valence-electron chi connectivity index (χ1n) is 4.49. The molecule has 2 rings (SSSR count). The maximum absolute atomic E-state index is 12.3. The van der Waals surface area contributed by atoms with Crippen molar-refractivity contribution in [2.24, 2.45) is 0 Å². The quantitative estimate of drug-likeness (QED) is 0.696. The predicted octanol–water partition coefficient (Wildman–Crippen LogP) is 3.38. The summed E-state index contributed by atoms with van der Waals surface area (Å²) in [5, 5.41) is 0. The summed E-state index contributed by atoms with van der Waals surface area (Å²) in [5.41, 5.74) is 0.934. The second-order valence-corrected chi connectivity index (χ2v) is 3.42. The highest BCUT2D eigenvalue weighted by Gasteiger charge is 2.49. The molecular formula is C11H9F3O. The predicted molar refractivity (Wildman–Crippen MR) is 50.0 cm³/mol. The van der Waals surface area contributed by atoms with Gasteiger partial charge in [-0.05, 0) is 6.92 Å². The fraction of sp³-hybridized carbons (Fsp3) is 0.273. The molecule has 0 radical (unpaired) electrons. The van der Waals surface area contributed by atoms with Crippen LogP contribution in [0.15, 0.2) is 35.9 Å². The Hall–Kier alpha value is -1.45. The zero-order valence-electron chi connectivity index (χ0n) is 8.01. The lowest BCUT2D eigenvalue weighted by molar-refractivity contribution is -0.200. The van der Waals surface area contributed by atoms with Gasteiger partial charge in [0.15, 0.2) is 0 Å². The fourth-order valence-corrected chi connectivity index (χ4v) is 1.56. The van der Waals surface area contributed by atoms with Gasteiger partial charge in [0.2, 0.25) is 6.10 Å². The van der Waals surface area contributed by atoms with E-state index in [4.69, 9.17) is 4.74 Å². The Morgan fingerprint density at radius 1 is 1.13 bits per heavy atom. The Balaban J connectivity index is 2.26. The Bertz CT molecular complexity index is 392. The summed E-state index contributed by atoms with van der Waals surface area (Å²) in [4.78, 5) is 0. The van der Waals surface area contributed by atoms with Gasteiger partial charge in [0, 0.05) is 11.1 Å². The summed E-state index contributed by atoms with van der Waals surface area (Å²) >= 11 is 0. The first-order chi connectivity index (χ1) is 7.00. The number of benzene rings is 1. The van der Waals surface area contributed by atoms with Crippen molar-refractivity contribution in [1.29, 1.82) is 0 Å². The first kappa shape index (κ1) is 10.1. The number of ether oxygens (including phenoxy) is 1. The van der Waals surface area contributed by atoms with Crippen molar-refractivity contribution < 1.29 is 17.9 Å². The van der Waals surface area contributed by atoms with Crippen molar-refractivity contribution in [1.82, 2.24) is 0 Å². The van der Waals surface area contributed by atoms with Crippen LogP contribution in [0, 0.1) is 0 Å². The van der Waals surface area contributed by atoms with Gasteiger partial charge in [-0.15, -0.1) is 0 Å². The van der Waals surface area contributed by atoms with E-state index < -0.39 is 12.3 Å². The van der Waals surface area contributed by atoms with Crippen LogP contribution in [-0.4, -0.2) is 12.3 Å². The molecule has 0 bridgehead atoms. The van der Waals surface area contributed by atoms with Crippen molar-refractivity contribution in [3.8, 4) is 0 Å². The van der Waals surface area contributed by atoms with Crippen molar-refractivity contribution in [3.63, 3.8) is 0 Å². The molecule has 0 unspecified atom stereocenters. The van der Waals surface area contributed by atoms with E-state index in [1.807, 2.05) is 0 Å². The van der Waals surface area contributed by atoms with Crippen molar-refractivity contribution in [3.05, 3.63) is 41.5 Å². The van der Waals surface area contributed by atoms with Crippen LogP contribution in [0.1, 0.15) is 12.5 Å². The summed E-state index contributed by atoms with van der Waals surface area (Å²) in [6.45, 7) is 1.45. The maximum atomic E-state index is 12.3. The fourth-order valence-electron chi connectivity index (χ4n) is 1.56. The second kappa shape index (κ2) is 3.29. The molecular weight excluding hydrogens is 205 g/mol.